The number of methoxy groups -OCH3 is 3. The summed E-state index contributed by atoms with van der Waals surface area (Å²) in [6.07, 6.45) is 0. The molecule has 2 rings (SSSR count). The molecule has 0 amide bonds. The van der Waals surface area contributed by atoms with E-state index in [4.69, 9.17) is 25.8 Å². The van der Waals surface area contributed by atoms with Crippen molar-refractivity contribution in [1.29, 1.82) is 0 Å². The Hall–Kier alpha value is -2.12. The molecule has 0 atom stereocenters. The van der Waals surface area contributed by atoms with Gasteiger partial charge < -0.3 is 14.2 Å². The molecule has 0 spiro atoms. The van der Waals surface area contributed by atoms with Gasteiger partial charge in [0.1, 0.15) is 17.2 Å². The first-order valence-corrected chi connectivity index (χ1v) is 9.70. The van der Waals surface area contributed by atoms with Gasteiger partial charge in [0, 0.05) is 18.7 Å². The van der Waals surface area contributed by atoms with Crippen LogP contribution in [0.15, 0.2) is 35.2 Å². The van der Waals surface area contributed by atoms with E-state index >= 15 is 0 Å². The summed E-state index contributed by atoms with van der Waals surface area (Å²) < 4.78 is 43.5. The fourth-order valence-electron chi connectivity index (χ4n) is 2.65. The summed E-state index contributed by atoms with van der Waals surface area (Å²) in [4.78, 5) is 0.161. The Balaban J connectivity index is 2.62. The molecule has 2 aromatic rings. The number of benzene rings is 2. The third-order valence-corrected chi connectivity index (χ3v) is 6.14. The zero-order valence-corrected chi connectivity index (χ0v) is 16.9. The Kier molecular flexibility index (Phi) is 6.26. The quantitative estimate of drug-likeness (QED) is 0.706. The van der Waals surface area contributed by atoms with Crippen LogP contribution < -0.4 is 18.5 Å². The van der Waals surface area contributed by atoms with Gasteiger partial charge in [-0.25, -0.2) is 8.42 Å². The molecule has 0 N–H and O–H groups in total. The first-order chi connectivity index (χ1) is 12.3. The molecule has 142 valence electrons. The minimum atomic E-state index is -3.82. The molecule has 6 nitrogen and oxygen atoms in total. The second kappa shape index (κ2) is 8.05. The van der Waals surface area contributed by atoms with Crippen LogP contribution in [0.4, 0.5) is 5.69 Å². The van der Waals surface area contributed by atoms with Gasteiger partial charge in [-0.15, -0.1) is 0 Å². The number of rotatable bonds is 7. The Labute approximate surface area is 159 Å². The van der Waals surface area contributed by atoms with Gasteiger partial charge in [-0.2, -0.15) is 0 Å². The van der Waals surface area contributed by atoms with Gasteiger partial charge in [0.05, 0.1) is 36.9 Å². The number of hydrogen-bond donors (Lipinski definition) is 0. The lowest BCUT2D eigenvalue weighted by Crippen LogP contribution is -2.31. The molecule has 0 bridgehead atoms. The monoisotopic (exact) mass is 399 g/mol. The van der Waals surface area contributed by atoms with Gasteiger partial charge in [0.25, 0.3) is 10.0 Å². The Bertz CT molecular complexity index is 899. The lowest BCUT2D eigenvalue weighted by atomic mass is 10.2. The van der Waals surface area contributed by atoms with Crippen LogP contribution in [0.5, 0.6) is 17.2 Å². The number of sulfonamides is 1. The predicted molar refractivity (Wildman–Crippen MR) is 102 cm³/mol. The van der Waals surface area contributed by atoms with E-state index in [-0.39, 0.29) is 11.4 Å². The number of hydrogen-bond acceptors (Lipinski definition) is 5. The molecule has 0 saturated heterocycles. The van der Waals surface area contributed by atoms with Crippen molar-refractivity contribution in [1.82, 2.24) is 0 Å². The van der Waals surface area contributed by atoms with Crippen LogP contribution in [0.1, 0.15) is 12.5 Å². The first-order valence-electron chi connectivity index (χ1n) is 7.89. The SMILES string of the molecule is CCN(c1cc(OC)c(Cl)cc1OC)S(=O)(=O)c1ccc(OC)c(C)c1. The van der Waals surface area contributed by atoms with Gasteiger partial charge in [-0.1, -0.05) is 11.6 Å². The fraction of sp³-hybridized carbons (Fsp3) is 0.333. The van der Waals surface area contributed by atoms with Gasteiger partial charge >= 0.3 is 0 Å². The second-order valence-electron chi connectivity index (χ2n) is 5.46. The molecule has 0 unspecified atom stereocenters. The largest absolute Gasteiger partial charge is 0.496 e. The molecule has 0 fully saturated rings. The lowest BCUT2D eigenvalue weighted by Gasteiger charge is -2.25. The van der Waals surface area contributed by atoms with Crippen molar-refractivity contribution in [2.45, 2.75) is 18.7 Å². The summed E-state index contributed by atoms with van der Waals surface area (Å²) in [5.74, 6) is 1.33. The summed E-state index contributed by atoms with van der Waals surface area (Å²) in [6.45, 7) is 3.74. The van der Waals surface area contributed by atoms with Crippen molar-refractivity contribution in [3.63, 3.8) is 0 Å². The summed E-state index contributed by atoms with van der Waals surface area (Å²) >= 11 is 6.13. The third kappa shape index (κ3) is 3.68. The molecule has 0 radical (unpaired) electrons. The van der Waals surface area contributed by atoms with Crippen LogP contribution in [0.25, 0.3) is 0 Å². The van der Waals surface area contributed by atoms with Crippen LogP contribution in [-0.4, -0.2) is 36.3 Å². The number of anilines is 1. The van der Waals surface area contributed by atoms with E-state index in [1.807, 2.05) is 0 Å². The molecule has 0 aliphatic carbocycles. The first kappa shape index (κ1) is 20.2. The van der Waals surface area contributed by atoms with E-state index in [9.17, 15) is 8.42 Å². The van der Waals surface area contributed by atoms with Crippen molar-refractivity contribution in [2.75, 3.05) is 32.2 Å². The van der Waals surface area contributed by atoms with E-state index in [1.165, 1.54) is 30.7 Å². The van der Waals surface area contributed by atoms with Crippen molar-refractivity contribution >= 4 is 27.3 Å². The summed E-state index contributed by atoms with van der Waals surface area (Å²) in [5, 5.41) is 0.335. The molecule has 0 aliphatic heterocycles. The number of nitrogens with zero attached hydrogens (tertiary/aromatic N) is 1. The molecular weight excluding hydrogens is 378 g/mol. The molecule has 0 aliphatic rings. The highest BCUT2D eigenvalue weighted by Gasteiger charge is 2.27. The highest BCUT2D eigenvalue weighted by atomic mass is 35.5. The molecule has 0 heterocycles. The van der Waals surface area contributed by atoms with Gasteiger partial charge in [0.15, 0.2) is 0 Å². The number of ether oxygens (including phenoxy) is 3. The van der Waals surface area contributed by atoms with Gasteiger partial charge in [-0.3, -0.25) is 4.31 Å². The van der Waals surface area contributed by atoms with E-state index < -0.39 is 10.0 Å². The summed E-state index contributed by atoms with van der Waals surface area (Å²) in [5.41, 5.74) is 1.08. The van der Waals surface area contributed by atoms with Crippen molar-refractivity contribution in [3.05, 3.63) is 40.9 Å². The normalized spacial score (nSPS) is 11.2. The molecule has 26 heavy (non-hydrogen) atoms. The standard InChI is InChI=1S/C18H22ClNO5S/c1-6-20(15-11-17(24-4)14(19)10-18(15)25-5)26(21,22)13-7-8-16(23-3)12(2)9-13/h7-11H,6H2,1-5H3. The highest BCUT2D eigenvalue weighted by molar-refractivity contribution is 7.92. The molecule has 0 aromatic heterocycles. The maximum Gasteiger partial charge on any atom is 0.264 e. The van der Waals surface area contributed by atoms with Gasteiger partial charge in [0.2, 0.25) is 0 Å². The van der Waals surface area contributed by atoms with E-state index in [2.05, 4.69) is 0 Å². The third-order valence-electron chi connectivity index (χ3n) is 3.96. The van der Waals surface area contributed by atoms with Crippen molar-refractivity contribution in [3.8, 4) is 17.2 Å². The highest BCUT2D eigenvalue weighted by Crippen LogP contribution is 2.40. The van der Waals surface area contributed by atoms with Crippen LogP contribution in [0, 0.1) is 6.92 Å². The van der Waals surface area contributed by atoms with Crippen molar-refractivity contribution < 1.29 is 22.6 Å². The Morgan fingerprint density at radius 2 is 1.58 bits per heavy atom. The maximum atomic E-state index is 13.2. The topological polar surface area (TPSA) is 65.1 Å². The zero-order chi connectivity index (χ0) is 19.5. The minimum absolute atomic E-state index is 0.161. The van der Waals surface area contributed by atoms with Crippen LogP contribution in [0.2, 0.25) is 5.02 Å². The van der Waals surface area contributed by atoms with Gasteiger partial charge in [-0.05, 0) is 37.6 Å². The fourth-order valence-corrected chi connectivity index (χ4v) is 4.44. The summed E-state index contributed by atoms with van der Waals surface area (Å²) in [7, 11) is 0.644. The average molecular weight is 400 g/mol. The van der Waals surface area contributed by atoms with E-state index in [1.54, 1.807) is 39.2 Å². The van der Waals surface area contributed by atoms with Crippen LogP contribution >= 0.6 is 11.6 Å². The summed E-state index contributed by atoms with van der Waals surface area (Å²) in [6, 6.07) is 7.82. The lowest BCUT2D eigenvalue weighted by molar-refractivity contribution is 0.404. The van der Waals surface area contributed by atoms with E-state index in [0.29, 0.717) is 28.0 Å². The second-order valence-corrected chi connectivity index (χ2v) is 7.73. The molecule has 0 saturated carbocycles. The Morgan fingerprint density at radius 3 is 2.08 bits per heavy atom. The smallest absolute Gasteiger partial charge is 0.264 e. The average Bonchev–Trinajstić information content (AvgIpc) is 2.62. The maximum absolute atomic E-state index is 13.2. The van der Waals surface area contributed by atoms with Crippen molar-refractivity contribution in [2.24, 2.45) is 0 Å². The Morgan fingerprint density at radius 1 is 0.962 bits per heavy atom. The number of aryl methyl sites for hydroxylation is 1. The minimum Gasteiger partial charge on any atom is -0.496 e. The van der Waals surface area contributed by atoms with Crippen LogP contribution in [-0.2, 0) is 10.0 Å². The molecular formula is C18H22ClNO5S. The van der Waals surface area contributed by atoms with E-state index in [0.717, 1.165) is 5.56 Å². The predicted octanol–water partition coefficient (Wildman–Crippen LogP) is 3.89. The zero-order valence-electron chi connectivity index (χ0n) is 15.4. The van der Waals surface area contributed by atoms with Crippen LogP contribution in [0.3, 0.4) is 0 Å². The number of halogens is 1. The molecule has 8 heteroatoms. The molecule has 2 aromatic carbocycles.